The number of hydrogen-bond acceptors (Lipinski definition) is 6. The number of nitrogens with one attached hydrogen (secondary N) is 1. The van der Waals surface area contributed by atoms with Crippen molar-refractivity contribution in [1.82, 2.24) is 4.98 Å². The maximum Gasteiger partial charge on any atom is 0.261 e. The zero-order chi connectivity index (χ0) is 21.0. The number of carbonyl (C=O) groups excluding carboxylic acids is 1. The minimum absolute atomic E-state index is 0.292. The van der Waals surface area contributed by atoms with E-state index in [1.54, 1.807) is 42.5 Å². The van der Waals surface area contributed by atoms with Crippen molar-refractivity contribution in [2.75, 3.05) is 29.5 Å². The molecule has 152 valence electrons. The highest BCUT2D eigenvalue weighted by Crippen LogP contribution is 2.28. The van der Waals surface area contributed by atoms with Crippen LogP contribution in [-0.2, 0) is 10.0 Å². The number of aromatic nitrogens is 1. The molecule has 0 radical (unpaired) electrons. The highest BCUT2D eigenvalue weighted by molar-refractivity contribution is 7.92. The third-order valence-corrected chi connectivity index (χ3v) is 6.14. The molecule has 0 aliphatic heterocycles. The van der Waals surface area contributed by atoms with Gasteiger partial charge in [0.2, 0.25) is 10.0 Å². The number of ether oxygens (including phenoxy) is 1. The molecule has 0 saturated heterocycles. The molecule has 3 rings (SSSR count). The topological polar surface area (TPSA) is 88.6 Å². The number of sulfonamides is 1. The predicted molar refractivity (Wildman–Crippen MR) is 116 cm³/mol. The standard InChI is InChI=1S/C20H21N3O4S2/c1-4-27-18-8-6-5-7-16(18)19(24)22-20-21-17(13-28-20)14-9-11-15(12-10-14)23(2)29(3,25)26/h5-13H,4H2,1-3H3,(H,21,22,24). The van der Waals surface area contributed by atoms with E-state index in [1.165, 1.54) is 22.7 Å². The Kier molecular flexibility index (Phi) is 6.19. The lowest BCUT2D eigenvalue weighted by Gasteiger charge is -2.16. The van der Waals surface area contributed by atoms with Crippen LogP contribution in [0.4, 0.5) is 10.8 Å². The molecule has 1 aromatic heterocycles. The van der Waals surface area contributed by atoms with Crippen molar-refractivity contribution in [3.63, 3.8) is 0 Å². The molecule has 29 heavy (non-hydrogen) atoms. The maximum absolute atomic E-state index is 12.6. The molecule has 0 saturated carbocycles. The second kappa shape index (κ2) is 8.62. The van der Waals surface area contributed by atoms with E-state index >= 15 is 0 Å². The molecule has 0 bridgehead atoms. The van der Waals surface area contributed by atoms with Crippen molar-refractivity contribution in [1.29, 1.82) is 0 Å². The first-order valence-electron chi connectivity index (χ1n) is 8.82. The molecule has 3 aromatic rings. The number of carbonyl (C=O) groups is 1. The normalized spacial score (nSPS) is 11.1. The monoisotopic (exact) mass is 431 g/mol. The van der Waals surface area contributed by atoms with Gasteiger partial charge < -0.3 is 4.74 Å². The van der Waals surface area contributed by atoms with E-state index < -0.39 is 10.0 Å². The Labute approximate surface area is 174 Å². The number of amides is 1. The van der Waals surface area contributed by atoms with Crippen LogP contribution in [0.15, 0.2) is 53.9 Å². The summed E-state index contributed by atoms with van der Waals surface area (Å²) in [6.07, 6.45) is 1.15. The fourth-order valence-electron chi connectivity index (χ4n) is 2.60. The van der Waals surface area contributed by atoms with E-state index in [4.69, 9.17) is 4.74 Å². The van der Waals surface area contributed by atoms with Gasteiger partial charge in [-0.25, -0.2) is 13.4 Å². The Morgan fingerprint density at radius 2 is 1.86 bits per heavy atom. The van der Waals surface area contributed by atoms with E-state index in [2.05, 4.69) is 10.3 Å². The molecular weight excluding hydrogens is 410 g/mol. The van der Waals surface area contributed by atoms with Crippen molar-refractivity contribution < 1.29 is 17.9 Å². The summed E-state index contributed by atoms with van der Waals surface area (Å²) in [4.78, 5) is 17.0. The van der Waals surface area contributed by atoms with Gasteiger partial charge in [-0.3, -0.25) is 14.4 Å². The smallest absolute Gasteiger partial charge is 0.261 e. The highest BCUT2D eigenvalue weighted by Gasteiger charge is 2.15. The first-order valence-corrected chi connectivity index (χ1v) is 11.6. The van der Waals surface area contributed by atoms with Crippen LogP contribution < -0.4 is 14.4 Å². The molecule has 9 heteroatoms. The summed E-state index contributed by atoms with van der Waals surface area (Å²) in [6, 6.07) is 14.1. The Balaban J connectivity index is 1.75. The number of benzene rings is 2. The molecule has 0 atom stereocenters. The second-order valence-corrected chi connectivity index (χ2v) is 9.07. The van der Waals surface area contributed by atoms with Gasteiger partial charge in [-0.1, -0.05) is 24.3 Å². The molecule has 0 unspecified atom stereocenters. The largest absolute Gasteiger partial charge is 0.493 e. The number of hydrogen-bond donors (Lipinski definition) is 1. The van der Waals surface area contributed by atoms with Crippen molar-refractivity contribution in [3.8, 4) is 17.0 Å². The van der Waals surface area contributed by atoms with Crippen LogP contribution in [0.2, 0.25) is 0 Å². The van der Waals surface area contributed by atoms with Gasteiger partial charge in [0.15, 0.2) is 5.13 Å². The molecule has 2 aromatic carbocycles. The molecular formula is C20H21N3O4S2. The summed E-state index contributed by atoms with van der Waals surface area (Å²) < 4.78 is 30.0. The van der Waals surface area contributed by atoms with Gasteiger partial charge in [0.1, 0.15) is 5.75 Å². The van der Waals surface area contributed by atoms with Crippen LogP contribution in [0.5, 0.6) is 5.75 Å². The minimum atomic E-state index is -3.31. The van der Waals surface area contributed by atoms with Crippen molar-refractivity contribution in [2.45, 2.75) is 6.92 Å². The number of nitrogens with zero attached hydrogens (tertiary/aromatic N) is 2. The van der Waals surface area contributed by atoms with E-state index in [1.807, 2.05) is 18.4 Å². The van der Waals surface area contributed by atoms with Crippen molar-refractivity contribution >= 4 is 38.1 Å². The molecule has 7 nitrogen and oxygen atoms in total. The van der Waals surface area contributed by atoms with Gasteiger partial charge in [0.25, 0.3) is 5.91 Å². The van der Waals surface area contributed by atoms with E-state index in [-0.39, 0.29) is 5.91 Å². The molecule has 1 amide bonds. The highest BCUT2D eigenvalue weighted by atomic mass is 32.2. The number of rotatable bonds is 7. The molecule has 0 aliphatic rings. The van der Waals surface area contributed by atoms with Crippen LogP contribution in [0.1, 0.15) is 17.3 Å². The zero-order valence-corrected chi connectivity index (χ0v) is 17.9. The number of anilines is 2. The number of thiazole rings is 1. The molecule has 0 fully saturated rings. The third-order valence-electron chi connectivity index (χ3n) is 4.18. The van der Waals surface area contributed by atoms with Crippen LogP contribution in [-0.4, -0.2) is 39.2 Å². The quantitative estimate of drug-likeness (QED) is 0.614. The third kappa shape index (κ3) is 4.93. The molecule has 1 N–H and O–H groups in total. The van der Waals surface area contributed by atoms with Crippen molar-refractivity contribution in [2.24, 2.45) is 0 Å². The summed E-state index contributed by atoms with van der Waals surface area (Å²) in [6.45, 7) is 2.33. The lowest BCUT2D eigenvalue weighted by Crippen LogP contribution is -2.24. The van der Waals surface area contributed by atoms with Gasteiger partial charge in [0.05, 0.1) is 29.8 Å². The van der Waals surface area contributed by atoms with Crippen LogP contribution >= 0.6 is 11.3 Å². The minimum Gasteiger partial charge on any atom is -0.493 e. The van der Waals surface area contributed by atoms with Gasteiger partial charge >= 0.3 is 0 Å². The van der Waals surface area contributed by atoms with E-state index in [9.17, 15) is 13.2 Å². The van der Waals surface area contributed by atoms with E-state index in [0.29, 0.717) is 34.4 Å². The SMILES string of the molecule is CCOc1ccccc1C(=O)Nc1nc(-c2ccc(N(C)S(C)(=O)=O)cc2)cs1. The lowest BCUT2D eigenvalue weighted by atomic mass is 10.1. The average Bonchev–Trinajstić information content (AvgIpc) is 3.16. The van der Waals surface area contributed by atoms with Gasteiger partial charge in [-0.05, 0) is 31.2 Å². The van der Waals surface area contributed by atoms with Crippen LogP contribution in [0, 0.1) is 0 Å². The van der Waals surface area contributed by atoms with Gasteiger partial charge in [-0.2, -0.15) is 0 Å². The van der Waals surface area contributed by atoms with Crippen LogP contribution in [0.3, 0.4) is 0 Å². The first-order chi connectivity index (χ1) is 13.8. The van der Waals surface area contributed by atoms with Crippen molar-refractivity contribution in [3.05, 3.63) is 59.5 Å². The maximum atomic E-state index is 12.6. The van der Waals surface area contributed by atoms with E-state index in [0.717, 1.165) is 11.8 Å². The second-order valence-electron chi connectivity index (χ2n) is 6.20. The summed E-state index contributed by atoms with van der Waals surface area (Å²) in [5, 5.41) is 5.10. The fourth-order valence-corrected chi connectivity index (χ4v) is 3.82. The predicted octanol–water partition coefficient (Wildman–Crippen LogP) is 3.86. The fraction of sp³-hybridized carbons (Fsp3) is 0.200. The van der Waals surface area contributed by atoms with Gasteiger partial charge in [0, 0.05) is 18.0 Å². The lowest BCUT2D eigenvalue weighted by molar-refractivity contribution is 0.102. The van der Waals surface area contributed by atoms with Gasteiger partial charge in [-0.15, -0.1) is 11.3 Å². The van der Waals surface area contributed by atoms with Crippen LogP contribution in [0.25, 0.3) is 11.3 Å². The Morgan fingerprint density at radius 3 is 2.52 bits per heavy atom. The Morgan fingerprint density at radius 1 is 1.17 bits per heavy atom. The Bertz CT molecular complexity index is 1110. The average molecular weight is 432 g/mol. The molecule has 0 aliphatic carbocycles. The summed E-state index contributed by atoms with van der Waals surface area (Å²) in [5.74, 6) is 0.231. The Hall–Kier alpha value is -2.91. The number of para-hydroxylation sites is 1. The zero-order valence-electron chi connectivity index (χ0n) is 16.2. The molecule has 1 heterocycles. The molecule has 0 spiro atoms. The summed E-state index contributed by atoms with van der Waals surface area (Å²) >= 11 is 1.31. The summed E-state index contributed by atoms with van der Waals surface area (Å²) in [7, 11) is -1.81. The first kappa shape index (κ1) is 20.8. The summed E-state index contributed by atoms with van der Waals surface area (Å²) in [5.41, 5.74) is 2.52.